The lowest BCUT2D eigenvalue weighted by Crippen LogP contribution is -2.18. The lowest BCUT2D eigenvalue weighted by Gasteiger charge is -2.21. The zero-order valence-corrected chi connectivity index (χ0v) is 7.14. The van der Waals surface area contributed by atoms with Crippen LogP contribution in [0.3, 0.4) is 0 Å². The average molecular weight is 162 g/mol. The quantitative estimate of drug-likeness (QED) is 0.587. The van der Waals surface area contributed by atoms with Crippen molar-refractivity contribution in [3.63, 3.8) is 0 Å². The van der Waals surface area contributed by atoms with Crippen molar-refractivity contribution in [3.05, 3.63) is 0 Å². The predicted octanol–water partition coefficient (Wildman–Crippen LogP) is 1.18. The van der Waals surface area contributed by atoms with E-state index in [1.807, 2.05) is 0 Å². The summed E-state index contributed by atoms with van der Waals surface area (Å²) >= 11 is 0. The Labute approximate surface area is 63.6 Å². The molecule has 2 nitrogen and oxygen atoms in total. The predicted molar refractivity (Wildman–Crippen MR) is 41.7 cm³/mol. The Balaban J connectivity index is 2.40. The summed E-state index contributed by atoms with van der Waals surface area (Å²) in [5.74, 6) is 0.742. The van der Waals surface area contributed by atoms with Crippen LogP contribution in [0.25, 0.3) is 0 Å². The summed E-state index contributed by atoms with van der Waals surface area (Å²) in [6, 6.07) is 0. The molecular weight excluding hydrogens is 148 g/mol. The molecule has 1 aliphatic rings. The van der Waals surface area contributed by atoms with Crippen LogP contribution < -0.4 is 0 Å². The minimum atomic E-state index is -2.14. The van der Waals surface area contributed by atoms with Crippen molar-refractivity contribution in [1.82, 2.24) is 0 Å². The van der Waals surface area contributed by atoms with Crippen LogP contribution >= 0.6 is 0 Å². The van der Waals surface area contributed by atoms with Crippen LogP contribution in [-0.4, -0.2) is 13.7 Å². The van der Waals surface area contributed by atoms with Crippen LogP contribution in [0.15, 0.2) is 0 Å². The minimum absolute atomic E-state index is 0.00815. The van der Waals surface area contributed by atoms with Gasteiger partial charge in [0, 0.05) is 0 Å². The molecule has 0 aromatic heterocycles. The molecule has 0 aliphatic heterocycles. The molecule has 0 amide bonds. The van der Waals surface area contributed by atoms with Gasteiger partial charge in [-0.25, -0.2) is 8.42 Å². The second kappa shape index (κ2) is 3.37. The highest BCUT2D eigenvalue weighted by atomic mass is 32.2. The van der Waals surface area contributed by atoms with Crippen molar-refractivity contribution in [2.75, 3.05) is 0 Å². The number of thiol groups is 1. The second-order valence-electron chi connectivity index (χ2n) is 3.20. The molecule has 3 heteroatoms. The van der Waals surface area contributed by atoms with Crippen LogP contribution in [-0.2, 0) is 10.7 Å². The van der Waals surface area contributed by atoms with Gasteiger partial charge in [-0.3, -0.25) is 0 Å². The zero-order chi connectivity index (χ0) is 7.56. The summed E-state index contributed by atoms with van der Waals surface area (Å²) in [6.45, 7) is 2.19. The van der Waals surface area contributed by atoms with Crippen molar-refractivity contribution in [1.29, 1.82) is 0 Å². The molecule has 1 saturated carbocycles. The van der Waals surface area contributed by atoms with Crippen molar-refractivity contribution in [2.24, 2.45) is 5.92 Å². The summed E-state index contributed by atoms with van der Waals surface area (Å²) in [7, 11) is -2.14. The Hall–Kier alpha value is -0.0500. The maximum Gasteiger partial charge on any atom is 0.143 e. The fourth-order valence-electron chi connectivity index (χ4n) is 1.45. The Kier molecular flexibility index (Phi) is 2.72. The SMILES string of the molecule is CC1CCC([SH](=O)=O)CC1. The monoisotopic (exact) mass is 162 g/mol. The zero-order valence-electron chi connectivity index (χ0n) is 6.25. The molecule has 60 valence electrons. The van der Waals surface area contributed by atoms with Gasteiger partial charge in [-0.15, -0.1) is 0 Å². The molecule has 0 bridgehead atoms. The standard InChI is InChI=1S/C7H14O2S/c1-6-2-4-7(5-3-6)10(8)9/h6-7,10H,2-5H2,1H3. The first kappa shape index (κ1) is 8.05. The average Bonchev–Trinajstić information content (AvgIpc) is 1.88. The van der Waals surface area contributed by atoms with Gasteiger partial charge >= 0.3 is 0 Å². The molecule has 0 N–H and O–H groups in total. The van der Waals surface area contributed by atoms with E-state index in [1.54, 1.807) is 0 Å². The third-order valence-electron chi connectivity index (χ3n) is 2.28. The van der Waals surface area contributed by atoms with E-state index in [0.29, 0.717) is 0 Å². The molecule has 1 aliphatic carbocycles. The van der Waals surface area contributed by atoms with E-state index >= 15 is 0 Å². The molecule has 10 heavy (non-hydrogen) atoms. The van der Waals surface area contributed by atoms with Crippen LogP contribution in [0.1, 0.15) is 32.6 Å². The van der Waals surface area contributed by atoms with Gasteiger partial charge in [-0.2, -0.15) is 0 Å². The third kappa shape index (κ3) is 1.97. The van der Waals surface area contributed by atoms with Crippen LogP contribution in [0.2, 0.25) is 0 Å². The highest BCUT2D eigenvalue weighted by molar-refractivity contribution is 7.73. The fourth-order valence-corrected chi connectivity index (χ4v) is 2.17. The Morgan fingerprint density at radius 2 is 1.60 bits per heavy atom. The highest BCUT2D eigenvalue weighted by Gasteiger charge is 2.19. The molecule has 0 aromatic rings. The molecule has 0 unspecified atom stereocenters. The second-order valence-corrected chi connectivity index (χ2v) is 4.50. The van der Waals surface area contributed by atoms with Gasteiger partial charge < -0.3 is 0 Å². The van der Waals surface area contributed by atoms with E-state index in [9.17, 15) is 8.42 Å². The van der Waals surface area contributed by atoms with Crippen LogP contribution in [0, 0.1) is 5.92 Å². The lowest BCUT2D eigenvalue weighted by atomic mass is 9.91. The molecule has 1 fully saturated rings. The molecular formula is C7H14O2S. The van der Waals surface area contributed by atoms with E-state index in [-0.39, 0.29) is 5.25 Å². The maximum absolute atomic E-state index is 10.5. The Morgan fingerprint density at radius 3 is 2.00 bits per heavy atom. The van der Waals surface area contributed by atoms with Crippen molar-refractivity contribution < 1.29 is 8.42 Å². The molecule has 0 aromatic carbocycles. The van der Waals surface area contributed by atoms with Gasteiger partial charge in [0.1, 0.15) is 10.7 Å². The summed E-state index contributed by atoms with van der Waals surface area (Å²) < 4.78 is 21.0. The first-order chi connectivity index (χ1) is 4.70. The minimum Gasteiger partial charge on any atom is -0.232 e. The molecule has 0 saturated heterocycles. The first-order valence-corrected chi connectivity index (χ1v) is 5.08. The van der Waals surface area contributed by atoms with E-state index < -0.39 is 10.7 Å². The number of rotatable bonds is 1. The number of hydrogen-bond donors (Lipinski definition) is 1. The third-order valence-corrected chi connectivity index (χ3v) is 3.40. The van der Waals surface area contributed by atoms with Gasteiger partial charge in [0.15, 0.2) is 0 Å². The summed E-state index contributed by atoms with van der Waals surface area (Å²) in [4.78, 5) is 0. The fraction of sp³-hybridized carbons (Fsp3) is 1.00. The van der Waals surface area contributed by atoms with Gasteiger partial charge in [-0.1, -0.05) is 6.92 Å². The van der Waals surface area contributed by atoms with Gasteiger partial charge in [0.2, 0.25) is 0 Å². The number of hydrogen-bond acceptors (Lipinski definition) is 2. The molecule has 0 atom stereocenters. The van der Waals surface area contributed by atoms with Crippen molar-refractivity contribution >= 4 is 10.7 Å². The molecule has 0 radical (unpaired) electrons. The summed E-state index contributed by atoms with van der Waals surface area (Å²) in [6.07, 6.45) is 3.96. The van der Waals surface area contributed by atoms with E-state index in [0.717, 1.165) is 31.6 Å². The van der Waals surface area contributed by atoms with Gasteiger partial charge in [-0.05, 0) is 31.6 Å². The Morgan fingerprint density at radius 1 is 1.10 bits per heavy atom. The Bertz CT molecular complexity index is 158. The smallest absolute Gasteiger partial charge is 0.143 e. The summed E-state index contributed by atoms with van der Waals surface area (Å²) in [5.41, 5.74) is 0. The van der Waals surface area contributed by atoms with Gasteiger partial charge in [0.25, 0.3) is 0 Å². The highest BCUT2D eigenvalue weighted by Crippen LogP contribution is 2.24. The molecule has 0 heterocycles. The van der Waals surface area contributed by atoms with Crippen molar-refractivity contribution in [2.45, 2.75) is 37.9 Å². The largest absolute Gasteiger partial charge is 0.232 e. The topological polar surface area (TPSA) is 34.1 Å². The van der Waals surface area contributed by atoms with E-state index in [4.69, 9.17) is 0 Å². The van der Waals surface area contributed by atoms with E-state index in [2.05, 4.69) is 6.92 Å². The summed E-state index contributed by atoms with van der Waals surface area (Å²) in [5, 5.41) is -0.00815. The lowest BCUT2D eigenvalue weighted by molar-refractivity contribution is 0.385. The normalized spacial score (nSPS) is 34.6. The van der Waals surface area contributed by atoms with Gasteiger partial charge in [0.05, 0.1) is 5.25 Å². The first-order valence-electron chi connectivity index (χ1n) is 3.83. The van der Waals surface area contributed by atoms with Crippen LogP contribution in [0.4, 0.5) is 0 Å². The molecule has 1 rings (SSSR count). The van der Waals surface area contributed by atoms with Crippen LogP contribution in [0.5, 0.6) is 0 Å². The van der Waals surface area contributed by atoms with Crippen molar-refractivity contribution in [3.8, 4) is 0 Å². The maximum atomic E-state index is 10.5. The molecule has 0 spiro atoms. The van der Waals surface area contributed by atoms with E-state index in [1.165, 1.54) is 0 Å².